The molecule has 190 valence electrons. The zero-order chi connectivity index (χ0) is 25.9. The van der Waals surface area contributed by atoms with Crippen molar-refractivity contribution in [2.75, 3.05) is 49.3 Å². The number of rotatable bonds is 7. The highest BCUT2D eigenvalue weighted by Gasteiger charge is 2.24. The van der Waals surface area contributed by atoms with Crippen molar-refractivity contribution in [1.82, 2.24) is 19.9 Å². The smallest absolute Gasteiger partial charge is 0.247 e. The summed E-state index contributed by atoms with van der Waals surface area (Å²) in [7, 11) is 3.76. The van der Waals surface area contributed by atoms with E-state index in [-0.39, 0.29) is 5.91 Å². The number of thiazole rings is 1. The first kappa shape index (κ1) is 24.7. The van der Waals surface area contributed by atoms with Crippen molar-refractivity contribution < 1.29 is 9.53 Å². The average molecular weight is 516 g/mol. The molecule has 0 bridgehead atoms. The highest BCUT2D eigenvalue weighted by atomic mass is 32.1. The van der Waals surface area contributed by atoms with Crippen LogP contribution in [0, 0.1) is 0 Å². The molecule has 0 saturated carbocycles. The zero-order valence-electron chi connectivity index (χ0n) is 21.1. The Morgan fingerprint density at radius 1 is 1.16 bits per heavy atom. The summed E-state index contributed by atoms with van der Waals surface area (Å²) in [6, 6.07) is 12.2. The van der Waals surface area contributed by atoms with Crippen LogP contribution in [-0.4, -0.2) is 65.6 Å². The van der Waals surface area contributed by atoms with Gasteiger partial charge in [0.15, 0.2) is 0 Å². The summed E-state index contributed by atoms with van der Waals surface area (Å²) in [5.74, 6) is 0.974. The molecule has 1 amide bonds. The molecule has 1 saturated heterocycles. The topological polar surface area (TPSA) is 95.5 Å². The van der Waals surface area contributed by atoms with Crippen LogP contribution >= 0.6 is 11.3 Å². The minimum atomic E-state index is -0.276. The Labute approximate surface area is 219 Å². The molecule has 10 heteroatoms. The Hall–Kier alpha value is -4.02. The first-order chi connectivity index (χ1) is 17.9. The molecular weight excluding hydrogens is 486 g/mol. The van der Waals surface area contributed by atoms with E-state index in [1.165, 1.54) is 12.4 Å². The van der Waals surface area contributed by atoms with Crippen molar-refractivity contribution in [3.05, 3.63) is 60.9 Å². The first-order valence-corrected chi connectivity index (χ1v) is 12.9. The highest BCUT2D eigenvalue weighted by molar-refractivity contribution is 7.16. The second-order valence-corrected chi connectivity index (χ2v) is 9.87. The number of hydrogen-bond acceptors (Lipinski definition) is 9. The van der Waals surface area contributed by atoms with Crippen LogP contribution in [0.25, 0.3) is 21.5 Å². The molecule has 1 atom stereocenters. The number of piperazine rings is 1. The van der Waals surface area contributed by atoms with Gasteiger partial charge < -0.3 is 25.2 Å². The van der Waals surface area contributed by atoms with E-state index in [1.54, 1.807) is 18.4 Å². The molecule has 2 aromatic heterocycles. The Morgan fingerprint density at radius 3 is 2.81 bits per heavy atom. The molecule has 1 aliphatic heterocycles. The number of anilines is 4. The molecule has 4 aromatic rings. The lowest BCUT2D eigenvalue weighted by molar-refractivity contribution is -0.111. The lowest BCUT2D eigenvalue weighted by Crippen LogP contribution is -2.50. The summed E-state index contributed by atoms with van der Waals surface area (Å²) in [6.07, 6.45) is 2.80. The number of fused-ring (bicyclic) bond motifs is 1. The molecule has 0 aliphatic carbocycles. The van der Waals surface area contributed by atoms with Crippen molar-refractivity contribution >= 4 is 50.3 Å². The summed E-state index contributed by atoms with van der Waals surface area (Å²) in [5.41, 5.74) is 6.82. The molecule has 0 radical (unpaired) electrons. The van der Waals surface area contributed by atoms with E-state index in [0.717, 1.165) is 46.8 Å². The van der Waals surface area contributed by atoms with Crippen LogP contribution in [0.5, 0.6) is 5.75 Å². The quantitative estimate of drug-likeness (QED) is 0.340. The SMILES string of the molecule is C=CC(=O)Nc1cc(Nc2cc(-c3ccc4ncsc4c3)ncn2)c(OC)cc1N1CCN(C)[C@@H](C)C1. The molecule has 1 aliphatic rings. The minimum absolute atomic E-state index is 0.276. The summed E-state index contributed by atoms with van der Waals surface area (Å²) in [6.45, 7) is 8.40. The number of hydrogen-bond donors (Lipinski definition) is 2. The third-order valence-electron chi connectivity index (χ3n) is 6.62. The molecule has 37 heavy (non-hydrogen) atoms. The first-order valence-electron chi connectivity index (χ1n) is 12.0. The Morgan fingerprint density at radius 2 is 2.03 bits per heavy atom. The van der Waals surface area contributed by atoms with Gasteiger partial charge in [0, 0.05) is 43.4 Å². The molecule has 0 spiro atoms. The Balaban J connectivity index is 1.49. The fraction of sp³-hybridized carbons (Fsp3) is 0.259. The van der Waals surface area contributed by atoms with Crippen LogP contribution in [0.4, 0.5) is 22.9 Å². The van der Waals surface area contributed by atoms with E-state index >= 15 is 0 Å². The maximum Gasteiger partial charge on any atom is 0.247 e. The molecule has 9 nitrogen and oxygen atoms in total. The minimum Gasteiger partial charge on any atom is -0.494 e. The third-order valence-corrected chi connectivity index (χ3v) is 7.41. The number of nitrogens with zero attached hydrogens (tertiary/aromatic N) is 5. The van der Waals surface area contributed by atoms with E-state index in [0.29, 0.717) is 29.0 Å². The average Bonchev–Trinajstić information content (AvgIpc) is 3.39. The molecule has 5 rings (SSSR count). The third kappa shape index (κ3) is 5.25. The number of benzene rings is 2. The van der Waals surface area contributed by atoms with E-state index in [4.69, 9.17) is 4.74 Å². The number of carbonyl (C=O) groups is 1. The predicted octanol–water partition coefficient (Wildman–Crippen LogP) is 4.77. The van der Waals surface area contributed by atoms with Crippen LogP contribution in [0.1, 0.15) is 6.92 Å². The van der Waals surface area contributed by atoms with Gasteiger partial charge in [-0.3, -0.25) is 4.79 Å². The van der Waals surface area contributed by atoms with E-state index in [1.807, 2.05) is 35.8 Å². The van der Waals surface area contributed by atoms with Crippen LogP contribution in [-0.2, 0) is 4.79 Å². The second kappa shape index (κ2) is 10.5. The van der Waals surface area contributed by atoms with Gasteiger partial charge in [-0.15, -0.1) is 11.3 Å². The Bertz CT molecular complexity index is 1450. The molecule has 1 fully saturated rings. The van der Waals surface area contributed by atoms with Gasteiger partial charge in [-0.1, -0.05) is 12.6 Å². The largest absolute Gasteiger partial charge is 0.494 e. The molecule has 2 N–H and O–H groups in total. The summed E-state index contributed by atoms with van der Waals surface area (Å²) >= 11 is 1.59. The lowest BCUT2D eigenvalue weighted by atomic mass is 10.1. The maximum absolute atomic E-state index is 12.3. The van der Waals surface area contributed by atoms with Crippen LogP contribution < -0.4 is 20.3 Å². The molecular formula is C27H29N7O2S. The van der Waals surface area contributed by atoms with Crippen molar-refractivity contribution in [3.63, 3.8) is 0 Å². The van der Waals surface area contributed by atoms with Gasteiger partial charge >= 0.3 is 0 Å². The van der Waals surface area contributed by atoms with E-state index in [9.17, 15) is 4.79 Å². The Kier molecular flexibility index (Phi) is 7.02. The molecule has 0 unspecified atom stereocenters. The number of carbonyl (C=O) groups excluding carboxylic acids is 1. The lowest BCUT2D eigenvalue weighted by Gasteiger charge is -2.39. The second-order valence-electron chi connectivity index (χ2n) is 8.99. The fourth-order valence-corrected chi connectivity index (χ4v) is 5.10. The van der Waals surface area contributed by atoms with Gasteiger partial charge in [-0.2, -0.15) is 0 Å². The predicted molar refractivity (Wildman–Crippen MR) is 150 cm³/mol. The van der Waals surface area contributed by atoms with Crippen molar-refractivity contribution in [2.45, 2.75) is 13.0 Å². The van der Waals surface area contributed by atoms with E-state index < -0.39 is 0 Å². The van der Waals surface area contributed by atoms with Gasteiger partial charge in [0.1, 0.15) is 17.9 Å². The van der Waals surface area contributed by atoms with Gasteiger partial charge in [-0.05, 0) is 38.2 Å². The van der Waals surface area contributed by atoms with E-state index in [2.05, 4.69) is 62.0 Å². The monoisotopic (exact) mass is 515 g/mol. The summed E-state index contributed by atoms with van der Waals surface area (Å²) in [5, 5.41) is 6.32. The highest BCUT2D eigenvalue weighted by Crippen LogP contribution is 2.39. The van der Waals surface area contributed by atoms with Crippen LogP contribution in [0.15, 0.2) is 60.9 Å². The number of aromatic nitrogens is 3. The van der Waals surface area contributed by atoms with Gasteiger partial charge in [0.2, 0.25) is 5.91 Å². The van der Waals surface area contributed by atoms with Crippen molar-refractivity contribution in [2.24, 2.45) is 0 Å². The van der Waals surface area contributed by atoms with Crippen molar-refractivity contribution in [3.8, 4) is 17.0 Å². The van der Waals surface area contributed by atoms with Gasteiger partial charge in [0.05, 0.1) is 45.6 Å². The summed E-state index contributed by atoms with van der Waals surface area (Å²) < 4.78 is 6.86. The standard InChI is InChI=1S/C27H29N7O2S/c1-5-27(35)32-21-11-22(24(36-4)13-23(21)34-9-8-33(3)17(2)14-34)31-26-12-20(28-15-29-26)18-6-7-19-25(10-18)37-16-30-19/h5-7,10-13,15-17H,1,8-9,14H2,2-4H3,(H,32,35)(H,28,29,31)/t17-/m0/s1. The number of nitrogens with one attached hydrogen (secondary N) is 2. The molecule has 3 heterocycles. The maximum atomic E-state index is 12.3. The fourth-order valence-electron chi connectivity index (χ4n) is 4.38. The van der Waals surface area contributed by atoms with Gasteiger partial charge in [0.25, 0.3) is 0 Å². The number of amides is 1. The van der Waals surface area contributed by atoms with Crippen molar-refractivity contribution in [1.29, 1.82) is 0 Å². The number of likely N-dealkylation sites (N-methyl/N-ethyl adjacent to an activating group) is 1. The summed E-state index contributed by atoms with van der Waals surface area (Å²) in [4.78, 5) is 30.1. The normalized spacial score (nSPS) is 16.0. The van der Waals surface area contributed by atoms with Crippen LogP contribution in [0.2, 0.25) is 0 Å². The van der Waals surface area contributed by atoms with Crippen LogP contribution in [0.3, 0.4) is 0 Å². The number of methoxy groups -OCH3 is 1. The zero-order valence-corrected chi connectivity index (χ0v) is 21.9. The number of ether oxygens (including phenoxy) is 1. The van der Waals surface area contributed by atoms with Gasteiger partial charge in [-0.25, -0.2) is 15.0 Å². The molecule has 2 aromatic carbocycles.